The van der Waals surface area contributed by atoms with Crippen molar-refractivity contribution in [2.75, 3.05) is 0 Å². The van der Waals surface area contributed by atoms with Gasteiger partial charge in [0.1, 0.15) is 11.2 Å². The molecule has 200 valence electrons. The molecule has 0 fully saturated rings. The zero-order chi connectivity index (χ0) is 46.6. The highest BCUT2D eigenvalue weighted by atomic mass is 16.3. The summed E-state index contributed by atoms with van der Waals surface area (Å²) >= 11 is 0. The van der Waals surface area contributed by atoms with Gasteiger partial charge in [0.2, 0.25) is 0 Å². The van der Waals surface area contributed by atoms with Gasteiger partial charge in [0.05, 0.1) is 28.8 Å². The first kappa shape index (κ1) is 11.2. The maximum atomic E-state index is 9.61. The third-order valence-corrected chi connectivity index (χ3v) is 7.34. The Balaban J connectivity index is 1.65. The maximum absolute atomic E-state index is 9.61. The van der Waals surface area contributed by atoms with Crippen LogP contribution in [-0.2, 0) is 0 Å². The monoisotopic (exact) mass is 567 g/mol. The molecule has 0 radical (unpaired) electrons. The van der Waals surface area contributed by atoms with Gasteiger partial charge in [-0.1, -0.05) is 139 Å². The Morgan fingerprint density at radius 3 is 1.77 bits per heavy atom. The first-order valence-electron chi connectivity index (χ1n) is 23.6. The number of para-hydroxylation sites is 1. The Labute approximate surface area is 278 Å². The Kier molecular flexibility index (Phi) is 2.46. The molecule has 1 heteroatoms. The summed E-state index contributed by atoms with van der Waals surface area (Å²) in [5.74, 6) is 0. The van der Waals surface area contributed by atoms with E-state index < -0.39 is 193 Å². The fourth-order valence-corrected chi connectivity index (χ4v) is 5.52. The second kappa shape index (κ2) is 9.44. The molecule has 1 heterocycles. The highest BCUT2D eigenvalue weighted by molar-refractivity contribution is 6.24. The summed E-state index contributed by atoms with van der Waals surface area (Å²) in [4.78, 5) is 0. The van der Waals surface area contributed by atoms with Crippen LogP contribution in [0.2, 0.25) is 0 Å². The fraction of sp³-hybridized carbons (Fsp3) is 0. The minimum Gasteiger partial charge on any atom is -0.456 e. The molecule has 0 saturated heterocycles. The second-order valence-electron chi connectivity index (χ2n) is 9.63. The normalized spacial score (nSPS) is 18.6. The van der Waals surface area contributed by atoms with Gasteiger partial charge in [-0.05, 0) is 83.8 Å². The summed E-state index contributed by atoms with van der Waals surface area (Å²) in [6.45, 7) is 0. The van der Waals surface area contributed by atoms with E-state index in [-0.39, 0.29) is 16.6 Å². The molecule has 0 N–H and O–H groups in total. The zero-order valence-corrected chi connectivity index (χ0v) is 21.8. The number of benzene rings is 8. The lowest BCUT2D eigenvalue weighted by Crippen LogP contribution is -1.92. The van der Waals surface area contributed by atoms with Gasteiger partial charge in [-0.2, -0.15) is 0 Å². The summed E-state index contributed by atoms with van der Waals surface area (Å²) in [5.41, 5.74) is -3.07. The molecule has 1 nitrogen and oxygen atoms in total. The van der Waals surface area contributed by atoms with Crippen molar-refractivity contribution in [2.45, 2.75) is 0 Å². The lowest BCUT2D eigenvalue weighted by Gasteiger charge is -2.19. The van der Waals surface area contributed by atoms with Crippen LogP contribution in [0.3, 0.4) is 0 Å². The summed E-state index contributed by atoms with van der Waals surface area (Å²) in [6, 6.07) is -9.26. The molecule has 0 unspecified atom stereocenters. The van der Waals surface area contributed by atoms with Gasteiger partial charge in [-0.3, -0.25) is 0 Å². The number of rotatable bonds is 3. The molecular formula is C42H26O. The van der Waals surface area contributed by atoms with Crippen molar-refractivity contribution >= 4 is 54.3 Å². The van der Waals surface area contributed by atoms with Crippen LogP contribution in [0.1, 0.15) is 28.8 Å². The van der Waals surface area contributed by atoms with Gasteiger partial charge in [0, 0.05) is 10.8 Å². The van der Waals surface area contributed by atoms with E-state index in [4.69, 9.17) is 22.2 Å². The smallest absolute Gasteiger partial charge is 0.135 e. The van der Waals surface area contributed by atoms with Gasteiger partial charge < -0.3 is 4.42 Å². The van der Waals surface area contributed by atoms with E-state index in [0.29, 0.717) is 5.39 Å². The van der Waals surface area contributed by atoms with Crippen molar-refractivity contribution in [3.63, 3.8) is 0 Å². The highest BCUT2D eigenvalue weighted by Gasteiger charge is 2.19. The van der Waals surface area contributed by atoms with Gasteiger partial charge in [-0.25, -0.2) is 0 Å². The average Bonchev–Trinajstić information content (AvgIpc) is 3.67. The molecule has 9 aromatic rings. The van der Waals surface area contributed by atoms with Gasteiger partial charge >= 0.3 is 0 Å². The van der Waals surface area contributed by atoms with Crippen LogP contribution in [0.4, 0.5) is 0 Å². The van der Waals surface area contributed by atoms with E-state index in [1.807, 2.05) is 0 Å². The van der Waals surface area contributed by atoms with Crippen LogP contribution in [0, 0.1) is 0 Å². The highest BCUT2D eigenvalue weighted by Crippen LogP contribution is 2.46. The van der Waals surface area contributed by atoms with Gasteiger partial charge in [0.25, 0.3) is 0 Å². The molecule has 0 bridgehead atoms. The predicted molar refractivity (Wildman–Crippen MR) is 183 cm³/mol. The van der Waals surface area contributed by atoms with Crippen LogP contribution < -0.4 is 0 Å². The number of furan rings is 1. The predicted octanol–water partition coefficient (Wildman–Crippen LogP) is 12.0. The molecule has 0 aliphatic heterocycles. The first-order valence-corrected chi connectivity index (χ1v) is 13.1. The van der Waals surface area contributed by atoms with Crippen LogP contribution in [0.5, 0.6) is 0 Å². The average molecular weight is 568 g/mol. The minimum atomic E-state index is -0.925. The van der Waals surface area contributed by atoms with Crippen LogP contribution in [-0.4, -0.2) is 0 Å². The van der Waals surface area contributed by atoms with Crippen molar-refractivity contribution in [2.24, 2.45) is 0 Å². The van der Waals surface area contributed by atoms with Crippen molar-refractivity contribution in [3.8, 4) is 33.4 Å². The first-order chi connectivity index (χ1) is 30.1. The second-order valence-corrected chi connectivity index (χ2v) is 9.63. The molecule has 0 atom stereocenters. The third kappa shape index (κ3) is 3.65. The van der Waals surface area contributed by atoms with Gasteiger partial charge in [0.15, 0.2) is 0 Å². The van der Waals surface area contributed by atoms with E-state index >= 15 is 0 Å². The molecule has 0 spiro atoms. The van der Waals surface area contributed by atoms with Crippen molar-refractivity contribution in [1.82, 2.24) is 0 Å². The summed E-state index contributed by atoms with van der Waals surface area (Å²) < 4.78 is 196. The van der Waals surface area contributed by atoms with E-state index in [9.17, 15) is 11.0 Å². The maximum Gasteiger partial charge on any atom is 0.135 e. The van der Waals surface area contributed by atoms with Crippen molar-refractivity contribution < 1.29 is 33.2 Å². The zero-order valence-electron chi connectivity index (χ0n) is 42.8. The SMILES string of the molecule is [2H]c1cc(-c2c([2H])c([2H])c([2H])c3c(-c4c5c([2H])c([2H])c([2H])c([2H])c5c(-c5c([2H])c([2H])c6oc7ccccc7c6c5[2H])c5c([2H])c([2H])c([2H])c([2H])c45)c([2H])c([2H])c([2H])c23)c([2H])c([2H])c1[2H]. The third-order valence-electron chi connectivity index (χ3n) is 7.34. The molecule has 43 heavy (non-hydrogen) atoms. The van der Waals surface area contributed by atoms with Crippen LogP contribution in [0.25, 0.3) is 87.6 Å². The quantitative estimate of drug-likeness (QED) is 0.194. The standard InChI is InChI=1S/C42H26O/c1-2-12-27(13-3-1)29-19-10-21-31-30(29)20-11-22-33(31)42-36-17-6-4-15-34(36)41(35-16-5-7-18-37(35)42)28-24-25-40-38(26-28)32-14-8-9-23-39(32)43-40/h1-26H/i1D,2D,3D,4D,5D,6D,7D,10D,11D,12D,15D,16D,17D,18D,19D,20D,21D,22D,24D,25D,26D. The van der Waals surface area contributed by atoms with Gasteiger partial charge in [-0.15, -0.1) is 0 Å². The molecule has 8 aromatic carbocycles. The van der Waals surface area contributed by atoms with E-state index in [1.54, 1.807) is 24.3 Å². The summed E-state index contributed by atoms with van der Waals surface area (Å²) in [7, 11) is 0. The van der Waals surface area contributed by atoms with E-state index in [2.05, 4.69) is 0 Å². The Hall–Kier alpha value is -5.66. The molecule has 0 aliphatic rings. The van der Waals surface area contributed by atoms with E-state index in [1.165, 1.54) is 0 Å². The van der Waals surface area contributed by atoms with E-state index in [0.717, 1.165) is 6.07 Å². The molecule has 9 rings (SSSR count). The topological polar surface area (TPSA) is 13.1 Å². The number of hydrogen-bond donors (Lipinski definition) is 0. The van der Waals surface area contributed by atoms with Crippen LogP contribution in [0.15, 0.2) is 162 Å². The lowest BCUT2D eigenvalue weighted by molar-refractivity contribution is 0.669. The fourth-order valence-electron chi connectivity index (χ4n) is 5.52. The van der Waals surface area contributed by atoms with Crippen molar-refractivity contribution in [1.29, 1.82) is 0 Å². The number of hydrogen-bond acceptors (Lipinski definition) is 1. The molecule has 1 aromatic heterocycles. The van der Waals surface area contributed by atoms with Crippen LogP contribution >= 0.6 is 0 Å². The summed E-state index contributed by atoms with van der Waals surface area (Å²) in [5, 5.41) is -3.06. The Morgan fingerprint density at radius 1 is 0.372 bits per heavy atom. The Morgan fingerprint density at radius 2 is 1.00 bits per heavy atom. The minimum absolute atomic E-state index is 0.0161. The van der Waals surface area contributed by atoms with Crippen molar-refractivity contribution in [3.05, 3.63) is 157 Å². The molecule has 0 amide bonds. The molecule has 0 saturated carbocycles. The molecule has 0 aliphatic carbocycles. The Bertz CT molecular complexity index is 3610. The summed E-state index contributed by atoms with van der Waals surface area (Å²) in [6.07, 6.45) is 0. The largest absolute Gasteiger partial charge is 0.456 e. The molecular weight excluding hydrogens is 520 g/mol. The lowest BCUT2D eigenvalue weighted by atomic mass is 9.84. The number of fused-ring (bicyclic) bond motifs is 6.